The van der Waals surface area contributed by atoms with E-state index in [9.17, 15) is 9.59 Å². The monoisotopic (exact) mass is 318 g/mol. The second-order valence-electron chi connectivity index (χ2n) is 6.14. The Labute approximate surface area is 137 Å². The van der Waals surface area contributed by atoms with Crippen LogP contribution < -0.4 is 15.4 Å². The lowest BCUT2D eigenvalue weighted by atomic mass is 9.86. The van der Waals surface area contributed by atoms with Crippen molar-refractivity contribution in [1.82, 2.24) is 10.6 Å². The van der Waals surface area contributed by atoms with E-state index < -0.39 is 0 Å². The minimum absolute atomic E-state index is 0.00377. The summed E-state index contributed by atoms with van der Waals surface area (Å²) in [4.78, 5) is 24.1. The fraction of sp³-hybridized carbons (Fsp3) is 0.556. The molecule has 2 amide bonds. The van der Waals surface area contributed by atoms with Gasteiger partial charge in [-0.3, -0.25) is 9.59 Å². The van der Waals surface area contributed by atoms with Crippen LogP contribution in [0.15, 0.2) is 24.3 Å². The molecule has 2 N–H and O–H groups in total. The summed E-state index contributed by atoms with van der Waals surface area (Å²) in [5.74, 6) is 0.853. The van der Waals surface area contributed by atoms with Gasteiger partial charge in [0.15, 0.2) is 0 Å². The third kappa shape index (κ3) is 4.98. The summed E-state index contributed by atoms with van der Waals surface area (Å²) in [5, 5.41) is 5.86. The summed E-state index contributed by atoms with van der Waals surface area (Å²) >= 11 is 0. The fourth-order valence-electron chi connectivity index (χ4n) is 3.03. The minimum atomic E-state index is -0.221. The van der Waals surface area contributed by atoms with E-state index in [0.717, 1.165) is 6.42 Å². The maximum Gasteiger partial charge on any atom is 0.255 e. The van der Waals surface area contributed by atoms with Crippen molar-refractivity contribution in [2.45, 2.75) is 45.1 Å². The van der Waals surface area contributed by atoms with Crippen molar-refractivity contribution in [2.24, 2.45) is 5.92 Å². The number of hydrogen-bond donors (Lipinski definition) is 2. The lowest BCUT2D eigenvalue weighted by Crippen LogP contribution is -2.42. The molecule has 5 heteroatoms. The van der Waals surface area contributed by atoms with Crippen LogP contribution in [0.4, 0.5) is 0 Å². The smallest absolute Gasteiger partial charge is 0.255 e. The van der Waals surface area contributed by atoms with E-state index in [4.69, 9.17) is 4.74 Å². The van der Waals surface area contributed by atoms with E-state index >= 15 is 0 Å². The number of carbonyl (C=O) groups is 2. The van der Waals surface area contributed by atoms with Gasteiger partial charge in [-0.15, -0.1) is 0 Å². The predicted octanol–water partition coefficient (Wildman–Crippen LogP) is 2.51. The van der Waals surface area contributed by atoms with Crippen LogP contribution >= 0.6 is 0 Å². The molecule has 126 valence electrons. The van der Waals surface area contributed by atoms with Gasteiger partial charge in [-0.1, -0.05) is 31.9 Å². The third-order valence-electron chi connectivity index (χ3n) is 4.45. The second-order valence-corrected chi connectivity index (χ2v) is 6.14. The molecule has 5 nitrogen and oxygen atoms in total. The van der Waals surface area contributed by atoms with Crippen molar-refractivity contribution in [3.8, 4) is 5.75 Å². The van der Waals surface area contributed by atoms with Gasteiger partial charge in [0.05, 0.1) is 12.7 Å². The summed E-state index contributed by atoms with van der Waals surface area (Å²) in [7, 11) is 1.53. The van der Waals surface area contributed by atoms with Crippen LogP contribution in [0.3, 0.4) is 0 Å². The number of amides is 2. The van der Waals surface area contributed by atoms with Crippen LogP contribution in [0.5, 0.6) is 5.75 Å². The Bertz CT molecular complexity index is 545. The maximum absolute atomic E-state index is 12.1. The van der Waals surface area contributed by atoms with E-state index in [1.54, 1.807) is 18.2 Å². The van der Waals surface area contributed by atoms with E-state index in [-0.39, 0.29) is 17.9 Å². The Morgan fingerprint density at radius 2 is 1.96 bits per heavy atom. The normalized spacial score (nSPS) is 20.6. The quantitative estimate of drug-likeness (QED) is 0.847. The van der Waals surface area contributed by atoms with Gasteiger partial charge in [0, 0.05) is 19.0 Å². The molecular weight excluding hydrogens is 292 g/mol. The lowest BCUT2D eigenvalue weighted by molar-refractivity contribution is -0.122. The Hall–Kier alpha value is -2.04. The topological polar surface area (TPSA) is 67.4 Å². The Morgan fingerprint density at radius 3 is 2.70 bits per heavy atom. The van der Waals surface area contributed by atoms with Crippen LogP contribution in [-0.4, -0.2) is 31.5 Å². The summed E-state index contributed by atoms with van der Waals surface area (Å²) in [6.45, 7) is 2.51. The number of rotatable bonds is 6. The molecule has 0 radical (unpaired) electrons. The van der Waals surface area contributed by atoms with E-state index in [2.05, 4.69) is 17.6 Å². The highest BCUT2D eigenvalue weighted by Gasteiger charge is 2.22. The molecule has 2 atom stereocenters. The molecule has 23 heavy (non-hydrogen) atoms. The number of benzene rings is 1. The largest absolute Gasteiger partial charge is 0.496 e. The van der Waals surface area contributed by atoms with E-state index in [1.807, 2.05) is 6.07 Å². The summed E-state index contributed by atoms with van der Waals surface area (Å²) < 4.78 is 5.17. The van der Waals surface area contributed by atoms with Crippen LogP contribution in [0.25, 0.3) is 0 Å². The zero-order valence-electron chi connectivity index (χ0n) is 13.9. The molecular formula is C18H26N2O3. The molecule has 0 bridgehead atoms. The van der Waals surface area contributed by atoms with Crippen molar-refractivity contribution in [2.75, 3.05) is 13.7 Å². The van der Waals surface area contributed by atoms with Crippen molar-refractivity contribution < 1.29 is 14.3 Å². The van der Waals surface area contributed by atoms with Gasteiger partial charge in [0.1, 0.15) is 5.75 Å². The number of carbonyl (C=O) groups excluding carboxylic acids is 2. The van der Waals surface area contributed by atoms with Crippen LogP contribution in [0, 0.1) is 5.92 Å². The molecule has 0 saturated heterocycles. The zero-order chi connectivity index (χ0) is 16.7. The average molecular weight is 318 g/mol. The molecule has 0 aliphatic heterocycles. The average Bonchev–Trinajstić information content (AvgIpc) is 2.56. The molecule has 0 heterocycles. The van der Waals surface area contributed by atoms with Gasteiger partial charge in [-0.05, 0) is 30.9 Å². The van der Waals surface area contributed by atoms with Crippen molar-refractivity contribution >= 4 is 11.8 Å². The molecule has 2 rings (SSSR count). The number of nitrogens with one attached hydrogen (secondary N) is 2. The zero-order valence-corrected chi connectivity index (χ0v) is 13.9. The first-order chi connectivity index (χ1) is 11.1. The Kier molecular flexibility index (Phi) is 6.44. The second kappa shape index (κ2) is 8.56. The van der Waals surface area contributed by atoms with E-state index in [1.165, 1.54) is 26.4 Å². The molecule has 1 saturated carbocycles. The van der Waals surface area contributed by atoms with Gasteiger partial charge in [0.2, 0.25) is 5.91 Å². The number of hydrogen-bond acceptors (Lipinski definition) is 3. The van der Waals surface area contributed by atoms with Crippen molar-refractivity contribution in [3.05, 3.63) is 29.8 Å². The molecule has 1 aromatic carbocycles. The predicted molar refractivity (Wildman–Crippen MR) is 89.5 cm³/mol. The molecule has 1 aliphatic rings. The molecule has 1 aromatic rings. The van der Waals surface area contributed by atoms with E-state index in [0.29, 0.717) is 30.2 Å². The first-order valence-electron chi connectivity index (χ1n) is 8.32. The van der Waals surface area contributed by atoms with Crippen LogP contribution in [-0.2, 0) is 4.79 Å². The molecule has 1 fully saturated rings. The van der Waals surface area contributed by atoms with Gasteiger partial charge >= 0.3 is 0 Å². The summed E-state index contributed by atoms with van der Waals surface area (Å²) in [6, 6.07) is 7.33. The van der Waals surface area contributed by atoms with Crippen LogP contribution in [0.1, 0.15) is 49.4 Å². The highest BCUT2D eigenvalue weighted by atomic mass is 16.5. The summed E-state index contributed by atoms with van der Waals surface area (Å²) in [5.41, 5.74) is 0.483. The first-order valence-corrected chi connectivity index (χ1v) is 8.32. The first kappa shape index (κ1) is 17.3. The number of para-hydroxylation sites is 1. The van der Waals surface area contributed by atoms with Gasteiger partial charge in [-0.2, -0.15) is 0 Å². The van der Waals surface area contributed by atoms with Crippen LogP contribution in [0.2, 0.25) is 0 Å². The highest BCUT2D eigenvalue weighted by molar-refractivity contribution is 5.97. The van der Waals surface area contributed by atoms with Crippen molar-refractivity contribution in [1.29, 1.82) is 0 Å². The number of methoxy groups -OCH3 is 1. The maximum atomic E-state index is 12.1. The molecule has 0 spiro atoms. The minimum Gasteiger partial charge on any atom is -0.496 e. The molecule has 0 unspecified atom stereocenters. The lowest BCUT2D eigenvalue weighted by Gasteiger charge is -2.29. The SMILES string of the molecule is COc1ccccc1C(=O)NCCC(=O)N[C@H]1CCCC[C@H]1C. The van der Waals surface area contributed by atoms with Gasteiger partial charge < -0.3 is 15.4 Å². The standard InChI is InChI=1S/C18H26N2O3/c1-13-7-3-5-9-15(13)20-17(21)11-12-19-18(22)14-8-4-6-10-16(14)23-2/h4,6,8,10,13,15H,3,5,7,9,11-12H2,1-2H3,(H,19,22)(H,20,21)/t13-,15+/m1/s1. The third-order valence-corrected chi connectivity index (χ3v) is 4.45. The highest BCUT2D eigenvalue weighted by Crippen LogP contribution is 2.23. The summed E-state index contributed by atoms with van der Waals surface area (Å²) in [6.07, 6.45) is 4.96. The molecule has 0 aromatic heterocycles. The Morgan fingerprint density at radius 1 is 1.22 bits per heavy atom. The number of ether oxygens (including phenoxy) is 1. The fourth-order valence-corrected chi connectivity index (χ4v) is 3.03. The van der Waals surface area contributed by atoms with Gasteiger partial charge in [0.25, 0.3) is 5.91 Å². The molecule has 1 aliphatic carbocycles. The van der Waals surface area contributed by atoms with Gasteiger partial charge in [-0.25, -0.2) is 0 Å². The van der Waals surface area contributed by atoms with Crippen molar-refractivity contribution in [3.63, 3.8) is 0 Å². The Balaban J connectivity index is 1.75.